The monoisotopic (exact) mass is 559 g/mol. The lowest BCUT2D eigenvalue weighted by Crippen LogP contribution is -2.43. The van der Waals surface area contributed by atoms with E-state index in [4.69, 9.17) is 0 Å². The third-order valence-corrected chi connectivity index (χ3v) is 8.80. The lowest BCUT2D eigenvalue weighted by Gasteiger charge is -2.18. The Kier molecular flexibility index (Phi) is 7.46. The topological polar surface area (TPSA) is 88.2 Å². The normalized spacial score (nSPS) is 14.5. The van der Waals surface area contributed by atoms with Gasteiger partial charge in [-0.1, -0.05) is 14.3 Å². The summed E-state index contributed by atoms with van der Waals surface area (Å²) in [6, 6.07) is 7.62. The lowest BCUT2D eigenvalue weighted by atomic mass is 10.0. The molecular formula is C27H26F4N5O2P. The number of fused-ring (bicyclic) bond motifs is 1. The summed E-state index contributed by atoms with van der Waals surface area (Å²) in [7, 11) is 0.545. The maximum absolute atomic E-state index is 14.8. The van der Waals surface area contributed by atoms with Gasteiger partial charge in [0.25, 0.3) is 5.91 Å². The van der Waals surface area contributed by atoms with Crippen LogP contribution >= 0.6 is 7.34 Å². The number of hydrogen-bond acceptors (Lipinski definition) is 6. The van der Waals surface area contributed by atoms with E-state index in [0.717, 1.165) is 31.0 Å². The van der Waals surface area contributed by atoms with Crippen molar-refractivity contribution in [1.82, 2.24) is 20.6 Å². The molecule has 1 amide bonds. The number of nitrogens with zero attached hydrogens (tertiary/aromatic N) is 2. The number of halogens is 4. The van der Waals surface area contributed by atoms with Crippen LogP contribution in [0, 0.1) is 11.6 Å². The van der Waals surface area contributed by atoms with Gasteiger partial charge in [-0.05, 0) is 68.0 Å². The summed E-state index contributed by atoms with van der Waals surface area (Å²) in [5.41, 5.74) is 1.91. The summed E-state index contributed by atoms with van der Waals surface area (Å²) in [4.78, 5) is 21.8. The van der Waals surface area contributed by atoms with Crippen LogP contribution in [0.3, 0.4) is 0 Å². The van der Waals surface area contributed by atoms with Gasteiger partial charge in [0, 0.05) is 41.0 Å². The van der Waals surface area contributed by atoms with Crippen molar-refractivity contribution in [1.29, 1.82) is 0 Å². The number of amides is 1. The molecule has 1 unspecified atom stereocenters. The molecule has 0 bridgehead atoms. The number of alkyl halides is 2. The fraction of sp³-hybridized carbons (Fsp3) is 0.296. The smallest absolute Gasteiger partial charge is 0.387 e. The van der Waals surface area contributed by atoms with E-state index in [2.05, 4.69) is 30.7 Å². The van der Waals surface area contributed by atoms with Crippen LogP contribution in [0.5, 0.6) is 5.75 Å². The van der Waals surface area contributed by atoms with Gasteiger partial charge in [0.2, 0.25) is 5.82 Å². The van der Waals surface area contributed by atoms with Gasteiger partial charge < -0.3 is 20.7 Å². The van der Waals surface area contributed by atoms with Gasteiger partial charge in [-0.3, -0.25) is 4.79 Å². The Balaban J connectivity index is 1.42. The minimum atomic E-state index is -3.27. The van der Waals surface area contributed by atoms with Crippen LogP contribution in [-0.4, -0.2) is 41.6 Å². The number of ether oxygens (including phenoxy) is 1. The van der Waals surface area contributed by atoms with Crippen LogP contribution in [0.25, 0.3) is 16.1 Å². The van der Waals surface area contributed by atoms with Gasteiger partial charge in [-0.2, -0.15) is 13.2 Å². The number of nitrogens with one attached hydrogen (secondary N) is 3. The number of benzene rings is 2. The summed E-state index contributed by atoms with van der Waals surface area (Å²) >= 11 is 0. The van der Waals surface area contributed by atoms with Gasteiger partial charge in [0.05, 0.1) is 5.54 Å². The van der Waals surface area contributed by atoms with E-state index >= 15 is 0 Å². The van der Waals surface area contributed by atoms with Crippen molar-refractivity contribution in [2.24, 2.45) is 0 Å². The Morgan fingerprint density at radius 2 is 1.95 bits per heavy atom. The second-order valence-electron chi connectivity index (χ2n) is 9.35. The molecule has 0 aliphatic heterocycles. The highest BCUT2D eigenvalue weighted by Gasteiger charge is 2.43. The van der Waals surface area contributed by atoms with E-state index in [1.807, 2.05) is 20.0 Å². The zero-order valence-electron chi connectivity index (χ0n) is 21.2. The van der Waals surface area contributed by atoms with Crippen molar-refractivity contribution >= 4 is 30.0 Å². The highest BCUT2D eigenvalue weighted by Crippen LogP contribution is 2.46. The average molecular weight is 560 g/mol. The maximum Gasteiger partial charge on any atom is 0.387 e. The van der Waals surface area contributed by atoms with Gasteiger partial charge in [-0.15, -0.1) is 0 Å². The minimum Gasteiger partial charge on any atom is -0.432 e. The number of aromatic nitrogens is 2. The first-order valence-electron chi connectivity index (χ1n) is 12.4. The number of carbonyl (C=O) groups is 1. The second kappa shape index (κ2) is 10.8. The van der Waals surface area contributed by atoms with E-state index in [1.165, 1.54) is 12.3 Å². The second-order valence-corrected chi connectivity index (χ2v) is 11.3. The summed E-state index contributed by atoms with van der Waals surface area (Å²) < 4.78 is 58.2. The van der Waals surface area contributed by atoms with Crippen molar-refractivity contribution < 1.29 is 27.1 Å². The van der Waals surface area contributed by atoms with E-state index < -0.39 is 31.3 Å². The van der Waals surface area contributed by atoms with E-state index in [9.17, 15) is 22.4 Å². The predicted octanol–water partition coefficient (Wildman–Crippen LogP) is 6.25. The van der Waals surface area contributed by atoms with Gasteiger partial charge in [0.1, 0.15) is 5.25 Å². The van der Waals surface area contributed by atoms with Crippen molar-refractivity contribution in [3.05, 3.63) is 71.3 Å². The summed E-state index contributed by atoms with van der Waals surface area (Å²) in [6.07, 6.45) is 5.52. The van der Waals surface area contributed by atoms with Crippen LogP contribution in [-0.2, 0) is 6.42 Å². The molecule has 1 fully saturated rings. The van der Waals surface area contributed by atoms with Crippen molar-refractivity contribution in [3.63, 3.8) is 0 Å². The first kappa shape index (κ1) is 26.9. The Morgan fingerprint density at radius 3 is 2.64 bits per heavy atom. The fourth-order valence-electron chi connectivity index (χ4n) is 4.59. The Morgan fingerprint density at radius 1 is 1.15 bits per heavy atom. The largest absolute Gasteiger partial charge is 0.432 e. The minimum absolute atomic E-state index is 0.0831. The summed E-state index contributed by atoms with van der Waals surface area (Å²) in [6.45, 7) is -0.580. The number of hydrogen-bond donors (Lipinski definition) is 3. The molecule has 0 saturated heterocycles. The third-order valence-electron chi connectivity index (χ3n) is 6.71. The molecule has 39 heavy (non-hydrogen) atoms. The summed E-state index contributed by atoms with van der Waals surface area (Å²) in [5, 5.41) is 10.5. The van der Waals surface area contributed by atoms with Crippen LogP contribution in [0.4, 0.5) is 29.1 Å². The molecule has 1 aliphatic rings. The molecule has 0 radical (unpaired) electrons. The number of aryl methyl sites for hydroxylation is 1. The number of carbonyl (C=O) groups excluding carboxylic acids is 1. The van der Waals surface area contributed by atoms with Crippen molar-refractivity contribution in [3.8, 4) is 16.6 Å². The highest BCUT2D eigenvalue weighted by atomic mass is 31.1. The summed E-state index contributed by atoms with van der Waals surface area (Å²) in [5.74, 6) is -1.55. The molecule has 3 N–H and O–H groups in total. The molecular weight excluding hydrogens is 533 g/mol. The first-order chi connectivity index (χ1) is 18.7. The molecule has 1 saturated carbocycles. The van der Waals surface area contributed by atoms with Crippen molar-refractivity contribution in [2.75, 3.05) is 18.9 Å². The first-order valence-corrected chi connectivity index (χ1v) is 13.8. The average Bonchev–Trinajstić information content (AvgIpc) is 3.52. The SMILES string of the molecule is CCc1cc(Nc2nccp3c(-c4ccc(OC(F)F)c(F)c4F)cnc23)ccc1C(=O)NC1(CNC)CC1. The molecule has 12 heteroatoms. The molecule has 4 aromatic rings. The van der Waals surface area contributed by atoms with Crippen molar-refractivity contribution in [2.45, 2.75) is 38.3 Å². The molecule has 1 atom stereocenters. The number of rotatable bonds is 10. The van der Waals surface area contributed by atoms with Crippen LogP contribution in [0.2, 0.25) is 0 Å². The third kappa shape index (κ3) is 5.42. The number of anilines is 2. The molecule has 0 spiro atoms. The molecule has 2 aromatic heterocycles. The fourth-order valence-corrected chi connectivity index (χ4v) is 6.46. The molecule has 204 valence electrons. The zero-order valence-corrected chi connectivity index (χ0v) is 22.1. The van der Waals surface area contributed by atoms with E-state index in [1.54, 1.807) is 24.1 Å². The molecule has 1 aliphatic carbocycles. The van der Waals surface area contributed by atoms with E-state index in [0.29, 0.717) is 34.0 Å². The quantitative estimate of drug-likeness (QED) is 0.199. The van der Waals surface area contributed by atoms with Gasteiger partial charge in [-0.25, -0.2) is 14.4 Å². The molecule has 2 heterocycles. The molecule has 2 aromatic carbocycles. The standard InChI is InChI=1S/C27H26F4N5O2P/c1-3-15-12-16(4-5-17(15)24(37)36-27(8-9-27)14-32-2)35-23-25-34-13-20(39(25)11-10-33-23)18-6-7-19(38-26(30)31)22(29)21(18)28/h4-7,10-13,26,32H,3,8-9,14H2,1-2H3,(H,33,35)(H,36,37). The Hall–Kier alpha value is -3.69. The molecule has 7 nitrogen and oxygen atoms in total. The Bertz CT molecular complexity index is 1540. The van der Waals surface area contributed by atoms with Crippen LogP contribution < -0.4 is 20.7 Å². The maximum atomic E-state index is 14.8. The number of likely N-dealkylation sites (N-methyl/N-ethyl adjacent to an activating group) is 1. The zero-order chi connectivity index (χ0) is 27.7. The Labute approximate surface area is 223 Å². The highest BCUT2D eigenvalue weighted by molar-refractivity contribution is 7.54. The van der Waals surface area contributed by atoms with Gasteiger partial charge >= 0.3 is 6.61 Å². The molecule has 5 rings (SSSR count). The predicted molar refractivity (Wildman–Crippen MR) is 142 cm³/mol. The lowest BCUT2D eigenvalue weighted by molar-refractivity contribution is -0.0525. The van der Waals surface area contributed by atoms with Crippen LogP contribution in [0.15, 0.2) is 48.5 Å². The van der Waals surface area contributed by atoms with Crippen LogP contribution in [0.1, 0.15) is 35.7 Å². The van der Waals surface area contributed by atoms with E-state index in [-0.39, 0.29) is 17.0 Å². The van der Waals surface area contributed by atoms with Gasteiger partial charge in [0.15, 0.2) is 17.4 Å².